The lowest BCUT2D eigenvalue weighted by atomic mass is 10.1. The lowest BCUT2D eigenvalue weighted by Gasteiger charge is -2.23. The van der Waals surface area contributed by atoms with Crippen LogP contribution in [-0.2, 0) is 6.54 Å². The van der Waals surface area contributed by atoms with Crippen LogP contribution in [0.3, 0.4) is 0 Å². The Morgan fingerprint density at radius 2 is 1.83 bits per heavy atom. The van der Waals surface area contributed by atoms with Crippen molar-refractivity contribution in [3.05, 3.63) is 59.2 Å². The van der Waals surface area contributed by atoms with Crippen molar-refractivity contribution in [3.8, 4) is 11.5 Å². The summed E-state index contributed by atoms with van der Waals surface area (Å²) in [6, 6.07) is 13.6. The first-order chi connectivity index (χ1) is 13.5. The van der Waals surface area contributed by atoms with Gasteiger partial charge in [0.2, 0.25) is 0 Å². The first-order valence-electron chi connectivity index (χ1n) is 9.43. The van der Waals surface area contributed by atoms with Crippen molar-refractivity contribution in [2.24, 2.45) is 4.99 Å². The van der Waals surface area contributed by atoms with E-state index in [1.54, 1.807) is 14.2 Å². The number of nitrogens with zero attached hydrogens (tertiary/aromatic N) is 2. The molecule has 2 aromatic carbocycles. The molecule has 2 aromatic rings. The van der Waals surface area contributed by atoms with E-state index in [9.17, 15) is 5.11 Å². The predicted molar refractivity (Wildman–Crippen MR) is 129 cm³/mol. The van der Waals surface area contributed by atoms with Gasteiger partial charge in [0, 0.05) is 31.8 Å². The number of aryl methyl sites for hydroxylation is 1. The zero-order valence-electron chi connectivity index (χ0n) is 17.8. The molecule has 0 amide bonds. The van der Waals surface area contributed by atoms with E-state index >= 15 is 0 Å². The standard InChI is InChI=1S/C22H31N3O3.HI/c1-6-23-22(24-14-20(26)17-9-7-16(2)8-10-17)25(3)15-18-11-12-19(27-4)13-21(18)28-5;/h7-13,20,26H,6,14-15H2,1-5H3,(H,23,24);1H. The van der Waals surface area contributed by atoms with Gasteiger partial charge in [0.05, 0.1) is 26.9 Å². The number of rotatable bonds is 8. The van der Waals surface area contributed by atoms with Crippen molar-refractivity contribution in [2.75, 3.05) is 34.4 Å². The Labute approximate surface area is 191 Å². The van der Waals surface area contributed by atoms with E-state index in [0.717, 1.165) is 35.1 Å². The Bertz CT molecular complexity index is 781. The van der Waals surface area contributed by atoms with E-state index in [1.165, 1.54) is 5.56 Å². The Kier molecular flexibility index (Phi) is 10.8. The van der Waals surface area contributed by atoms with Crippen molar-refractivity contribution in [3.63, 3.8) is 0 Å². The summed E-state index contributed by atoms with van der Waals surface area (Å²) in [4.78, 5) is 6.62. The Balaban J connectivity index is 0.00000420. The average Bonchev–Trinajstić information content (AvgIpc) is 2.71. The van der Waals surface area contributed by atoms with Gasteiger partial charge in [-0.15, -0.1) is 24.0 Å². The summed E-state index contributed by atoms with van der Waals surface area (Å²) >= 11 is 0. The quantitative estimate of drug-likeness (QED) is 0.320. The van der Waals surface area contributed by atoms with Crippen LogP contribution in [0.15, 0.2) is 47.5 Å². The molecular formula is C22H32IN3O3. The fourth-order valence-electron chi connectivity index (χ4n) is 2.85. The second-order valence-corrected chi connectivity index (χ2v) is 6.65. The van der Waals surface area contributed by atoms with Crippen LogP contribution < -0.4 is 14.8 Å². The van der Waals surface area contributed by atoms with Crippen molar-refractivity contribution in [1.82, 2.24) is 10.2 Å². The number of benzene rings is 2. The van der Waals surface area contributed by atoms with Gasteiger partial charge in [0.25, 0.3) is 0 Å². The average molecular weight is 513 g/mol. The highest BCUT2D eigenvalue weighted by atomic mass is 127. The van der Waals surface area contributed by atoms with Gasteiger partial charge in [-0.1, -0.05) is 29.8 Å². The fourth-order valence-corrected chi connectivity index (χ4v) is 2.85. The number of ether oxygens (including phenoxy) is 2. The summed E-state index contributed by atoms with van der Waals surface area (Å²) in [5.41, 5.74) is 3.06. The number of aliphatic hydroxyl groups excluding tert-OH is 1. The van der Waals surface area contributed by atoms with Gasteiger partial charge in [-0.05, 0) is 31.5 Å². The molecule has 0 aliphatic heterocycles. The van der Waals surface area contributed by atoms with Gasteiger partial charge in [0.15, 0.2) is 5.96 Å². The number of guanidine groups is 1. The molecular weight excluding hydrogens is 481 g/mol. The van der Waals surface area contributed by atoms with E-state index in [-0.39, 0.29) is 30.5 Å². The molecule has 6 nitrogen and oxygen atoms in total. The van der Waals surface area contributed by atoms with Crippen LogP contribution in [0.5, 0.6) is 11.5 Å². The number of nitrogens with one attached hydrogen (secondary N) is 1. The number of methoxy groups -OCH3 is 2. The fraction of sp³-hybridized carbons (Fsp3) is 0.409. The predicted octanol–water partition coefficient (Wildman–Crippen LogP) is 3.76. The second kappa shape index (κ2) is 12.5. The zero-order valence-corrected chi connectivity index (χ0v) is 20.1. The van der Waals surface area contributed by atoms with E-state index < -0.39 is 6.10 Å². The molecule has 0 saturated heterocycles. The zero-order chi connectivity index (χ0) is 20.5. The van der Waals surface area contributed by atoms with Crippen LogP contribution in [-0.4, -0.2) is 50.3 Å². The molecule has 0 bridgehead atoms. The highest BCUT2D eigenvalue weighted by molar-refractivity contribution is 14.0. The molecule has 0 fully saturated rings. The molecule has 2 N–H and O–H groups in total. The third kappa shape index (κ3) is 7.40. The van der Waals surface area contributed by atoms with E-state index in [2.05, 4.69) is 10.3 Å². The second-order valence-electron chi connectivity index (χ2n) is 6.65. The number of hydrogen-bond donors (Lipinski definition) is 2. The molecule has 0 aromatic heterocycles. The smallest absolute Gasteiger partial charge is 0.194 e. The summed E-state index contributed by atoms with van der Waals surface area (Å²) in [5.74, 6) is 2.25. The first kappa shape index (κ1) is 25.0. The summed E-state index contributed by atoms with van der Waals surface area (Å²) in [5, 5.41) is 13.7. The molecule has 0 heterocycles. The van der Waals surface area contributed by atoms with Crippen LogP contribution in [0.1, 0.15) is 29.7 Å². The molecule has 7 heteroatoms. The summed E-state index contributed by atoms with van der Waals surface area (Å²) in [6.45, 7) is 5.69. The lowest BCUT2D eigenvalue weighted by Crippen LogP contribution is -2.38. The normalized spacial score (nSPS) is 12.0. The molecule has 0 aliphatic carbocycles. The maximum absolute atomic E-state index is 10.5. The molecule has 1 unspecified atom stereocenters. The Hall–Kier alpha value is -2.00. The monoisotopic (exact) mass is 513 g/mol. The number of aliphatic imine (C=N–C) groups is 1. The molecule has 2 rings (SSSR count). The summed E-state index contributed by atoms with van der Waals surface area (Å²) in [6.07, 6.45) is -0.641. The van der Waals surface area contributed by atoms with Crippen molar-refractivity contribution in [1.29, 1.82) is 0 Å². The van der Waals surface area contributed by atoms with Crippen LogP contribution >= 0.6 is 24.0 Å². The topological polar surface area (TPSA) is 66.3 Å². The Morgan fingerprint density at radius 1 is 1.14 bits per heavy atom. The third-order valence-corrected chi connectivity index (χ3v) is 4.47. The lowest BCUT2D eigenvalue weighted by molar-refractivity contribution is 0.186. The van der Waals surface area contributed by atoms with E-state index in [0.29, 0.717) is 6.54 Å². The van der Waals surface area contributed by atoms with Gasteiger partial charge in [-0.25, -0.2) is 0 Å². The van der Waals surface area contributed by atoms with Crippen molar-refractivity contribution in [2.45, 2.75) is 26.5 Å². The van der Waals surface area contributed by atoms with Crippen LogP contribution in [0.2, 0.25) is 0 Å². The highest BCUT2D eigenvalue weighted by Crippen LogP contribution is 2.25. The summed E-state index contributed by atoms with van der Waals surface area (Å²) < 4.78 is 10.7. The largest absolute Gasteiger partial charge is 0.497 e. The molecule has 0 saturated carbocycles. The maximum Gasteiger partial charge on any atom is 0.194 e. The van der Waals surface area contributed by atoms with Gasteiger partial charge in [0.1, 0.15) is 11.5 Å². The van der Waals surface area contributed by atoms with Crippen molar-refractivity contribution < 1.29 is 14.6 Å². The van der Waals surface area contributed by atoms with E-state index in [4.69, 9.17) is 9.47 Å². The maximum atomic E-state index is 10.5. The molecule has 0 spiro atoms. The van der Waals surface area contributed by atoms with Crippen LogP contribution in [0.4, 0.5) is 0 Å². The third-order valence-electron chi connectivity index (χ3n) is 4.47. The van der Waals surface area contributed by atoms with Crippen LogP contribution in [0.25, 0.3) is 0 Å². The van der Waals surface area contributed by atoms with Crippen LogP contribution in [0, 0.1) is 6.92 Å². The SMILES string of the molecule is CCNC(=NCC(O)c1ccc(C)cc1)N(C)Cc1ccc(OC)cc1OC.I. The molecule has 0 aliphatic rings. The first-order valence-corrected chi connectivity index (χ1v) is 9.43. The summed E-state index contributed by atoms with van der Waals surface area (Å²) in [7, 11) is 5.24. The van der Waals surface area contributed by atoms with E-state index in [1.807, 2.05) is 68.3 Å². The number of halogens is 1. The number of aliphatic hydroxyl groups is 1. The minimum absolute atomic E-state index is 0. The van der Waals surface area contributed by atoms with Gasteiger partial charge in [-0.2, -0.15) is 0 Å². The molecule has 1 atom stereocenters. The molecule has 160 valence electrons. The Morgan fingerprint density at radius 3 is 2.41 bits per heavy atom. The minimum atomic E-state index is -0.641. The van der Waals surface area contributed by atoms with Gasteiger partial charge in [-0.3, -0.25) is 4.99 Å². The molecule has 29 heavy (non-hydrogen) atoms. The van der Waals surface area contributed by atoms with Gasteiger partial charge >= 0.3 is 0 Å². The minimum Gasteiger partial charge on any atom is -0.497 e. The van der Waals surface area contributed by atoms with Gasteiger partial charge < -0.3 is 24.8 Å². The number of hydrogen-bond acceptors (Lipinski definition) is 4. The van der Waals surface area contributed by atoms with Crippen molar-refractivity contribution >= 4 is 29.9 Å². The molecule has 0 radical (unpaired) electrons. The highest BCUT2D eigenvalue weighted by Gasteiger charge is 2.13.